The van der Waals surface area contributed by atoms with Gasteiger partial charge in [-0.2, -0.15) is 0 Å². The smallest absolute Gasteiger partial charge is 0.260 e. The first kappa shape index (κ1) is 9.90. The van der Waals surface area contributed by atoms with E-state index < -0.39 is 0 Å². The molecule has 3 heteroatoms. The second-order valence-electron chi connectivity index (χ2n) is 4.09. The maximum Gasteiger partial charge on any atom is 0.260 e. The molecule has 0 unspecified atom stereocenters. The highest BCUT2D eigenvalue weighted by Gasteiger charge is 2.04. The van der Waals surface area contributed by atoms with E-state index in [4.69, 9.17) is 0 Å². The molecule has 0 bridgehead atoms. The lowest BCUT2D eigenvalue weighted by molar-refractivity contribution is 0.838. The van der Waals surface area contributed by atoms with E-state index in [1.54, 1.807) is 13.4 Å². The fraction of sp³-hybridized carbons (Fsp3) is 0.333. The van der Waals surface area contributed by atoms with Crippen LogP contribution in [0.25, 0.3) is 10.9 Å². The van der Waals surface area contributed by atoms with E-state index in [0.717, 1.165) is 5.52 Å². The maximum absolute atomic E-state index is 11.8. The van der Waals surface area contributed by atoms with Crippen molar-refractivity contribution in [2.45, 2.75) is 19.8 Å². The van der Waals surface area contributed by atoms with Gasteiger partial charge in [0, 0.05) is 7.05 Å². The van der Waals surface area contributed by atoms with Gasteiger partial charge in [-0.3, -0.25) is 4.79 Å². The molecule has 0 spiro atoms. The number of hydrogen-bond donors (Lipinski definition) is 0. The number of rotatable bonds is 1. The van der Waals surface area contributed by atoms with E-state index in [0.29, 0.717) is 11.3 Å². The predicted molar refractivity (Wildman–Crippen MR) is 61.1 cm³/mol. The predicted octanol–water partition coefficient (Wildman–Crippen LogP) is 2.06. The Morgan fingerprint density at radius 1 is 1.33 bits per heavy atom. The molecule has 0 saturated heterocycles. The van der Waals surface area contributed by atoms with E-state index in [-0.39, 0.29) is 5.56 Å². The molecule has 0 N–H and O–H groups in total. The second-order valence-corrected chi connectivity index (χ2v) is 4.09. The fourth-order valence-electron chi connectivity index (χ4n) is 1.59. The second kappa shape index (κ2) is 3.50. The van der Waals surface area contributed by atoms with Crippen molar-refractivity contribution in [2.75, 3.05) is 0 Å². The molecule has 1 aromatic carbocycles. The molecule has 0 aliphatic rings. The molecular weight excluding hydrogens is 188 g/mol. The lowest BCUT2D eigenvalue weighted by Crippen LogP contribution is -2.17. The molecule has 1 heterocycles. The fourth-order valence-corrected chi connectivity index (χ4v) is 1.59. The zero-order valence-corrected chi connectivity index (χ0v) is 9.19. The summed E-state index contributed by atoms with van der Waals surface area (Å²) in [5, 5.41) is 0.700. The summed E-state index contributed by atoms with van der Waals surface area (Å²) in [6, 6.07) is 5.88. The van der Waals surface area contributed by atoms with Crippen LogP contribution in [0, 0.1) is 0 Å². The Morgan fingerprint density at radius 3 is 2.73 bits per heavy atom. The van der Waals surface area contributed by atoms with Gasteiger partial charge in [0.25, 0.3) is 5.56 Å². The summed E-state index contributed by atoms with van der Waals surface area (Å²) in [4.78, 5) is 16.0. The number of aryl methyl sites for hydroxylation is 1. The van der Waals surface area contributed by atoms with Gasteiger partial charge in [0.05, 0.1) is 17.2 Å². The van der Waals surface area contributed by atoms with Crippen LogP contribution in [0.15, 0.2) is 29.3 Å². The first-order chi connectivity index (χ1) is 7.09. The molecule has 0 aliphatic heterocycles. The normalized spacial score (nSPS) is 11.2. The van der Waals surface area contributed by atoms with Gasteiger partial charge in [-0.15, -0.1) is 0 Å². The van der Waals surface area contributed by atoms with Gasteiger partial charge in [-0.25, -0.2) is 4.98 Å². The van der Waals surface area contributed by atoms with Crippen molar-refractivity contribution in [3.05, 3.63) is 40.4 Å². The number of nitrogens with zero attached hydrogens (tertiary/aromatic N) is 2. The van der Waals surface area contributed by atoms with Crippen LogP contribution in [0.1, 0.15) is 25.3 Å². The van der Waals surface area contributed by atoms with E-state index in [1.807, 2.05) is 18.2 Å². The molecule has 0 radical (unpaired) electrons. The molecule has 0 fully saturated rings. The summed E-state index contributed by atoms with van der Waals surface area (Å²) in [6.45, 7) is 4.23. The molecule has 2 aromatic rings. The lowest BCUT2D eigenvalue weighted by Gasteiger charge is -2.06. The average molecular weight is 202 g/mol. The standard InChI is InChI=1S/C12H14N2O/c1-8(2)9-4-5-11-10(6-9)12(15)14(3)7-13-11/h4-8H,1-3H3. The van der Waals surface area contributed by atoms with Gasteiger partial charge >= 0.3 is 0 Å². The summed E-state index contributed by atoms with van der Waals surface area (Å²) in [7, 11) is 1.72. The van der Waals surface area contributed by atoms with Crippen LogP contribution in [0.5, 0.6) is 0 Å². The van der Waals surface area contributed by atoms with Crippen molar-refractivity contribution >= 4 is 10.9 Å². The van der Waals surface area contributed by atoms with Crippen LogP contribution in [0.4, 0.5) is 0 Å². The quantitative estimate of drug-likeness (QED) is 0.709. The molecule has 1 aromatic heterocycles. The Kier molecular flexibility index (Phi) is 2.31. The SMILES string of the molecule is CC(C)c1ccc2ncn(C)c(=O)c2c1. The van der Waals surface area contributed by atoms with Crippen LogP contribution in [-0.4, -0.2) is 9.55 Å². The molecule has 15 heavy (non-hydrogen) atoms. The molecule has 3 nitrogen and oxygen atoms in total. The Bertz CT molecular complexity index is 555. The van der Waals surface area contributed by atoms with Gasteiger partial charge in [-0.1, -0.05) is 19.9 Å². The molecule has 0 atom stereocenters. The molecule has 78 valence electrons. The Hall–Kier alpha value is -1.64. The van der Waals surface area contributed by atoms with E-state index in [9.17, 15) is 4.79 Å². The van der Waals surface area contributed by atoms with Crippen molar-refractivity contribution in [2.24, 2.45) is 7.05 Å². The topological polar surface area (TPSA) is 34.9 Å². The number of fused-ring (bicyclic) bond motifs is 1. The molecule has 0 aliphatic carbocycles. The minimum Gasteiger partial charge on any atom is -0.302 e. The zero-order chi connectivity index (χ0) is 11.0. The van der Waals surface area contributed by atoms with E-state index >= 15 is 0 Å². The van der Waals surface area contributed by atoms with Gasteiger partial charge in [0.2, 0.25) is 0 Å². The summed E-state index contributed by atoms with van der Waals surface area (Å²) in [5.41, 5.74) is 1.96. The van der Waals surface area contributed by atoms with Gasteiger partial charge < -0.3 is 4.57 Å². The highest BCUT2D eigenvalue weighted by atomic mass is 16.1. The first-order valence-corrected chi connectivity index (χ1v) is 5.05. The Labute approximate surface area is 88.4 Å². The van der Waals surface area contributed by atoms with E-state index in [2.05, 4.69) is 18.8 Å². The third-order valence-electron chi connectivity index (χ3n) is 2.61. The number of hydrogen-bond acceptors (Lipinski definition) is 2. The van der Waals surface area contributed by atoms with Crippen LogP contribution < -0.4 is 5.56 Å². The van der Waals surface area contributed by atoms with Crippen LogP contribution in [0.2, 0.25) is 0 Å². The number of benzene rings is 1. The summed E-state index contributed by atoms with van der Waals surface area (Å²) in [6.07, 6.45) is 1.56. The van der Waals surface area contributed by atoms with Crippen molar-refractivity contribution in [1.29, 1.82) is 0 Å². The zero-order valence-electron chi connectivity index (χ0n) is 9.19. The van der Waals surface area contributed by atoms with Gasteiger partial charge in [0.15, 0.2) is 0 Å². The third-order valence-corrected chi connectivity index (χ3v) is 2.61. The van der Waals surface area contributed by atoms with Gasteiger partial charge in [0.1, 0.15) is 0 Å². The molecule has 0 amide bonds. The van der Waals surface area contributed by atoms with Crippen molar-refractivity contribution < 1.29 is 0 Å². The molecular formula is C12H14N2O. The minimum absolute atomic E-state index is 0.0162. The van der Waals surface area contributed by atoms with Crippen molar-refractivity contribution in [3.63, 3.8) is 0 Å². The maximum atomic E-state index is 11.8. The Balaban J connectivity index is 2.80. The first-order valence-electron chi connectivity index (χ1n) is 5.05. The lowest BCUT2D eigenvalue weighted by atomic mass is 10.0. The minimum atomic E-state index is 0.0162. The average Bonchev–Trinajstić information content (AvgIpc) is 2.23. The highest BCUT2D eigenvalue weighted by Crippen LogP contribution is 2.17. The highest BCUT2D eigenvalue weighted by molar-refractivity contribution is 5.78. The van der Waals surface area contributed by atoms with Crippen LogP contribution in [0.3, 0.4) is 0 Å². The number of aromatic nitrogens is 2. The van der Waals surface area contributed by atoms with Gasteiger partial charge in [-0.05, 0) is 23.6 Å². The Morgan fingerprint density at radius 2 is 2.07 bits per heavy atom. The summed E-state index contributed by atoms with van der Waals surface area (Å²) in [5.74, 6) is 0.430. The third kappa shape index (κ3) is 1.65. The monoisotopic (exact) mass is 202 g/mol. The summed E-state index contributed by atoms with van der Waals surface area (Å²) < 4.78 is 1.51. The van der Waals surface area contributed by atoms with Crippen LogP contribution in [-0.2, 0) is 7.05 Å². The van der Waals surface area contributed by atoms with E-state index in [1.165, 1.54) is 10.1 Å². The molecule has 2 rings (SSSR count). The van der Waals surface area contributed by atoms with Crippen LogP contribution >= 0.6 is 0 Å². The largest absolute Gasteiger partial charge is 0.302 e. The summed E-state index contributed by atoms with van der Waals surface area (Å²) >= 11 is 0. The van der Waals surface area contributed by atoms with Crippen molar-refractivity contribution in [3.8, 4) is 0 Å². The van der Waals surface area contributed by atoms with Crippen molar-refractivity contribution in [1.82, 2.24) is 9.55 Å². The molecule has 0 saturated carbocycles.